The van der Waals surface area contributed by atoms with Crippen LogP contribution in [0.1, 0.15) is 77.6 Å². The Morgan fingerprint density at radius 1 is 0.950 bits per heavy atom. The van der Waals surface area contributed by atoms with E-state index in [9.17, 15) is 4.79 Å². The van der Waals surface area contributed by atoms with E-state index in [1.165, 1.54) is 57.1 Å². The number of carbonyl (C=O) groups is 1. The van der Waals surface area contributed by atoms with E-state index in [0.717, 1.165) is 18.6 Å². The van der Waals surface area contributed by atoms with Crippen molar-refractivity contribution in [3.63, 3.8) is 0 Å². The molecule has 0 aromatic heterocycles. The second-order valence-corrected chi connectivity index (χ2v) is 6.46. The van der Waals surface area contributed by atoms with Gasteiger partial charge in [0.1, 0.15) is 0 Å². The lowest BCUT2D eigenvalue weighted by Gasteiger charge is -2.00. The average Bonchev–Trinajstić information content (AvgIpc) is 2.43. The molecule has 3 heteroatoms. The topological polar surface area (TPSA) is 37.3 Å². The number of unbranched alkanes of at least 4 members (excludes halogenated alkanes) is 8. The van der Waals surface area contributed by atoms with Gasteiger partial charge in [0.05, 0.1) is 0 Å². The first kappa shape index (κ1) is 19.6. The van der Waals surface area contributed by atoms with Crippen LogP contribution in [0, 0.1) is 0 Å². The predicted octanol–water partition coefficient (Wildman–Crippen LogP) is 5.67. The van der Waals surface area contributed by atoms with E-state index in [4.69, 9.17) is 5.11 Å². The van der Waals surface area contributed by atoms with Crippen molar-refractivity contribution in [2.45, 2.75) is 77.6 Å². The molecule has 0 saturated carbocycles. The third-order valence-corrected chi connectivity index (χ3v) is 4.29. The van der Waals surface area contributed by atoms with Gasteiger partial charge < -0.3 is 5.11 Å². The van der Waals surface area contributed by atoms with Crippen molar-refractivity contribution in [3.8, 4) is 0 Å². The Hall–Kier alpha value is -0.440. The van der Waals surface area contributed by atoms with Gasteiger partial charge in [0.15, 0.2) is 0 Å². The minimum absolute atomic E-state index is 0.334. The van der Waals surface area contributed by atoms with E-state index >= 15 is 0 Å². The Morgan fingerprint density at radius 3 is 2.35 bits per heavy atom. The van der Waals surface area contributed by atoms with E-state index in [0.29, 0.717) is 6.42 Å². The van der Waals surface area contributed by atoms with Gasteiger partial charge in [0.25, 0.3) is 0 Å². The summed E-state index contributed by atoms with van der Waals surface area (Å²) < 4.78 is 0. The number of allylic oxidation sites excluding steroid dienone is 1. The molecule has 0 atom stereocenters. The van der Waals surface area contributed by atoms with Crippen LogP contribution < -0.4 is 0 Å². The highest BCUT2D eigenvalue weighted by molar-refractivity contribution is 7.99. The molecule has 1 N–H and O–H groups in total. The molecule has 118 valence electrons. The average molecular weight is 301 g/mol. The normalized spacial score (nSPS) is 11.2. The molecule has 0 bridgehead atoms. The van der Waals surface area contributed by atoms with Gasteiger partial charge in [-0.25, -0.2) is 0 Å². The van der Waals surface area contributed by atoms with E-state index in [1.807, 2.05) is 11.8 Å². The van der Waals surface area contributed by atoms with Gasteiger partial charge in [-0.1, -0.05) is 57.6 Å². The lowest BCUT2D eigenvalue weighted by Crippen LogP contribution is -1.93. The van der Waals surface area contributed by atoms with Crippen molar-refractivity contribution in [2.75, 3.05) is 11.5 Å². The number of thioether (sulfide) groups is 1. The fourth-order valence-electron chi connectivity index (χ4n) is 2.04. The number of hydrogen-bond acceptors (Lipinski definition) is 2. The van der Waals surface area contributed by atoms with E-state index in [2.05, 4.69) is 19.1 Å². The molecule has 0 radical (unpaired) electrons. The van der Waals surface area contributed by atoms with E-state index in [-0.39, 0.29) is 0 Å². The van der Waals surface area contributed by atoms with Crippen molar-refractivity contribution >= 4 is 17.7 Å². The molecular formula is C17H32O2S. The maximum absolute atomic E-state index is 10.3. The minimum atomic E-state index is -0.663. The van der Waals surface area contributed by atoms with Crippen LogP contribution in [0.3, 0.4) is 0 Å². The molecule has 0 aromatic rings. The molecular weight excluding hydrogens is 268 g/mol. The highest BCUT2D eigenvalue weighted by atomic mass is 32.2. The van der Waals surface area contributed by atoms with Gasteiger partial charge in [-0.05, 0) is 31.4 Å². The van der Waals surface area contributed by atoms with Crippen molar-refractivity contribution < 1.29 is 9.90 Å². The van der Waals surface area contributed by atoms with Crippen LogP contribution in [0.4, 0.5) is 0 Å². The molecule has 20 heavy (non-hydrogen) atoms. The fraction of sp³-hybridized carbons (Fsp3) is 0.824. The van der Waals surface area contributed by atoms with Crippen LogP contribution in [-0.4, -0.2) is 22.6 Å². The predicted molar refractivity (Wildman–Crippen MR) is 90.6 cm³/mol. The van der Waals surface area contributed by atoms with Gasteiger partial charge in [-0.3, -0.25) is 4.79 Å². The first-order valence-corrected chi connectivity index (χ1v) is 9.37. The third-order valence-electron chi connectivity index (χ3n) is 3.28. The Morgan fingerprint density at radius 2 is 1.65 bits per heavy atom. The van der Waals surface area contributed by atoms with Crippen LogP contribution >= 0.6 is 11.8 Å². The molecule has 0 amide bonds. The minimum Gasteiger partial charge on any atom is -0.481 e. The van der Waals surface area contributed by atoms with Gasteiger partial charge in [0, 0.05) is 12.2 Å². The van der Waals surface area contributed by atoms with Crippen LogP contribution in [0.2, 0.25) is 0 Å². The molecule has 0 heterocycles. The molecule has 0 saturated heterocycles. The third kappa shape index (κ3) is 17.6. The van der Waals surface area contributed by atoms with Gasteiger partial charge in [-0.15, -0.1) is 0 Å². The highest BCUT2D eigenvalue weighted by Gasteiger charge is 1.96. The van der Waals surface area contributed by atoms with Crippen molar-refractivity contribution in [3.05, 3.63) is 12.2 Å². The second kappa shape index (κ2) is 16.6. The summed E-state index contributed by atoms with van der Waals surface area (Å²) in [5, 5.41) is 8.51. The summed E-state index contributed by atoms with van der Waals surface area (Å²) in [5.41, 5.74) is 0. The van der Waals surface area contributed by atoms with Crippen LogP contribution in [0.25, 0.3) is 0 Å². The first-order valence-electron chi connectivity index (χ1n) is 8.22. The fourth-order valence-corrected chi connectivity index (χ4v) is 2.88. The molecule has 0 aliphatic carbocycles. The van der Waals surface area contributed by atoms with Crippen LogP contribution in [-0.2, 0) is 4.79 Å². The van der Waals surface area contributed by atoms with Crippen LogP contribution in [0.5, 0.6) is 0 Å². The van der Waals surface area contributed by atoms with Gasteiger partial charge >= 0.3 is 5.97 Å². The van der Waals surface area contributed by atoms with Crippen molar-refractivity contribution in [2.24, 2.45) is 0 Å². The zero-order valence-corrected chi connectivity index (χ0v) is 13.9. The zero-order valence-electron chi connectivity index (χ0n) is 13.1. The van der Waals surface area contributed by atoms with Crippen LogP contribution in [0.15, 0.2) is 12.2 Å². The maximum Gasteiger partial charge on any atom is 0.303 e. The summed E-state index contributed by atoms with van der Waals surface area (Å²) in [4.78, 5) is 10.3. The summed E-state index contributed by atoms with van der Waals surface area (Å²) in [6.07, 6.45) is 17.1. The van der Waals surface area contributed by atoms with Crippen molar-refractivity contribution in [1.29, 1.82) is 0 Å². The SMILES string of the molecule is CCCCC/C=C/CSCCCCCCCCC(=O)O. The Kier molecular flexibility index (Phi) is 16.2. The Labute approximate surface area is 129 Å². The number of hydrogen-bond donors (Lipinski definition) is 1. The first-order chi connectivity index (χ1) is 9.77. The van der Waals surface area contributed by atoms with Gasteiger partial charge in [0.2, 0.25) is 0 Å². The van der Waals surface area contributed by atoms with Crippen molar-refractivity contribution in [1.82, 2.24) is 0 Å². The molecule has 0 aliphatic rings. The molecule has 0 rings (SSSR count). The molecule has 0 fully saturated rings. The summed E-state index contributed by atoms with van der Waals surface area (Å²) in [7, 11) is 0. The number of carboxylic acid groups (broad SMARTS) is 1. The summed E-state index contributed by atoms with van der Waals surface area (Å²) in [6.45, 7) is 2.24. The smallest absolute Gasteiger partial charge is 0.303 e. The Balaban J connectivity index is 3.04. The number of rotatable bonds is 15. The molecule has 0 unspecified atom stereocenters. The monoisotopic (exact) mass is 300 g/mol. The lowest BCUT2D eigenvalue weighted by molar-refractivity contribution is -0.137. The largest absolute Gasteiger partial charge is 0.481 e. The lowest BCUT2D eigenvalue weighted by atomic mass is 10.1. The standard InChI is InChI=1S/C17H32O2S/c1-2-3-4-5-9-12-15-20-16-13-10-7-6-8-11-14-17(18)19/h9,12H,2-8,10-11,13-16H2,1H3,(H,18,19)/b12-9+. The molecule has 0 aromatic carbocycles. The summed E-state index contributed by atoms with van der Waals surface area (Å²) >= 11 is 2.02. The Bertz CT molecular complexity index is 239. The quantitative estimate of drug-likeness (QED) is 0.313. The molecule has 0 spiro atoms. The number of carboxylic acids is 1. The molecule has 0 aliphatic heterocycles. The van der Waals surface area contributed by atoms with E-state index < -0.39 is 5.97 Å². The van der Waals surface area contributed by atoms with Gasteiger partial charge in [-0.2, -0.15) is 11.8 Å². The second-order valence-electron chi connectivity index (χ2n) is 5.31. The summed E-state index contributed by atoms with van der Waals surface area (Å²) in [6, 6.07) is 0. The number of aliphatic carboxylic acids is 1. The van der Waals surface area contributed by atoms with E-state index in [1.54, 1.807) is 0 Å². The maximum atomic E-state index is 10.3. The molecule has 2 nitrogen and oxygen atoms in total. The summed E-state index contributed by atoms with van der Waals surface area (Å²) in [5.74, 6) is 1.75. The zero-order chi connectivity index (χ0) is 14.9. The highest BCUT2D eigenvalue weighted by Crippen LogP contribution is 2.11.